The van der Waals surface area contributed by atoms with Crippen LogP contribution >= 0.6 is 0 Å². The van der Waals surface area contributed by atoms with Gasteiger partial charge in [0.2, 0.25) is 5.88 Å². The predicted molar refractivity (Wildman–Crippen MR) is 66.9 cm³/mol. The topological polar surface area (TPSA) is 47.0 Å². The normalized spacial score (nSPS) is 10.1. The molecule has 5 heteroatoms. The van der Waals surface area contributed by atoms with Gasteiger partial charge in [-0.2, -0.15) is 0 Å². The summed E-state index contributed by atoms with van der Waals surface area (Å²) in [6, 6.07) is 5.10. The molecule has 0 fully saturated rings. The second-order valence-corrected chi connectivity index (χ2v) is 3.68. The van der Waals surface area contributed by atoms with Gasteiger partial charge in [-0.05, 0) is 24.6 Å². The molecule has 0 atom stereocenters. The lowest BCUT2D eigenvalue weighted by atomic mass is 10.3. The average molecular weight is 247 g/mol. The second kappa shape index (κ2) is 5.95. The van der Waals surface area contributed by atoms with Gasteiger partial charge in [0, 0.05) is 18.8 Å². The molecule has 2 aromatic heterocycles. The molecule has 0 unspecified atom stereocenters. The fourth-order valence-corrected chi connectivity index (χ4v) is 1.47. The third-order valence-corrected chi connectivity index (χ3v) is 2.29. The summed E-state index contributed by atoms with van der Waals surface area (Å²) in [7, 11) is 0. The van der Waals surface area contributed by atoms with Crippen LogP contribution < -0.4 is 10.1 Å². The smallest absolute Gasteiger partial charge is 0.213 e. The zero-order valence-electron chi connectivity index (χ0n) is 10.1. The second-order valence-electron chi connectivity index (χ2n) is 3.68. The SMILES string of the molecule is CCOc1ccc(NCc2cncc(F)c2)cn1. The number of ether oxygens (including phenoxy) is 1. The Balaban J connectivity index is 1.93. The average Bonchev–Trinajstić information content (AvgIpc) is 2.38. The van der Waals surface area contributed by atoms with Crippen LogP contribution in [0.15, 0.2) is 36.8 Å². The maximum absolute atomic E-state index is 12.9. The van der Waals surface area contributed by atoms with Crippen molar-refractivity contribution in [2.45, 2.75) is 13.5 Å². The van der Waals surface area contributed by atoms with Crippen LogP contribution in [0.3, 0.4) is 0 Å². The van der Waals surface area contributed by atoms with Crippen molar-refractivity contribution < 1.29 is 9.13 Å². The van der Waals surface area contributed by atoms with E-state index < -0.39 is 0 Å². The maximum Gasteiger partial charge on any atom is 0.213 e. The zero-order valence-corrected chi connectivity index (χ0v) is 10.1. The van der Waals surface area contributed by atoms with Crippen molar-refractivity contribution >= 4 is 5.69 Å². The summed E-state index contributed by atoms with van der Waals surface area (Å²) in [6.07, 6.45) is 4.48. The third-order valence-electron chi connectivity index (χ3n) is 2.29. The van der Waals surface area contributed by atoms with Crippen LogP contribution in [0, 0.1) is 5.82 Å². The van der Waals surface area contributed by atoms with E-state index >= 15 is 0 Å². The molecule has 94 valence electrons. The van der Waals surface area contributed by atoms with E-state index in [-0.39, 0.29) is 5.82 Å². The molecule has 0 saturated carbocycles. The Morgan fingerprint density at radius 1 is 1.28 bits per heavy atom. The van der Waals surface area contributed by atoms with E-state index in [2.05, 4.69) is 15.3 Å². The summed E-state index contributed by atoms with van der Waals surface area (Å²) in [5, 5.41) is 3.13. The van der Waals surface area contributed by atoms with E-state index in [9.17, 15) is 4.39 Å². The fourth-order valence-electron chi connectivity index (χ4n) is 1.47. The van der Waals surface area contributed by atoms with Crippen LogP contribution in [0.25, 0.3) is 0 Å². The van der Waals surface area contributed by atoms with Crippen molar-refractivity contribution in [3.8, 4) is 5.88 Å². The molecule has 18 heavy (non-hydrogen) atoms. The Hall–Kier alpha value is -2.17. The van der Waals surface area contributed by atoms with Crippen LogP contribution in [0.5, 0.6) is 5.88 Å². The lowest BCUT2D eigenvalue weighted by molar-refractivity contribution is 0.327. The molecular weight excluding hydrogens is 233 g/mol. The van der Waals surface area contributed by atoms with Gasteiger partial charge in [-0.3, -0.25) is 4.98 Å². The first-order chi connectivity index (χ1) is 8.78. The first kappa shape index (κ1) is 12.3. The van der Waals surface area contributed by atoms with E-state index in [1.807, 2.05) is 13.0 Å². The van der Waals surface area contributed by atoms with Gasteiger partial charge in [0.05, 0.1) is 24.7 Å². The van der Waals surface area contributed by atoms with Crippen LogP contribution in [0.4, 0.5) is 10.1 Å². The number of anilines is 1. The number of nitrogens with one attached hydrogen (secondary N) is 1. The first-order valence-electron chi connectivity index (χ1n) is 5.70. The maximum atomic E-state index is 12.9. The van der Waals surface area contributed by atoms with Crippen LogP contribution in [0.2, 0.25) is 0 Å². The van der Waals surface area contributed by atoms with Crippen molar-refractivity contribution in [1.29, 1.82) is 0 Å². The molecule has 0 aliphatic rings. The highest BCUT2D eigenvalue weighted by Crippen LogP contribution is 2.12. The van der Waals surface area contributed by atoms with E-state index in [4.69, 9.17) is 4.74 Å². The molecular formula is C13H14FN3O. The summed E-state index contributed by atoms with van der Waals surface area (Å²) in [5.74, 6) is 0.259. The summed E-state index contributed by atoms with van der Waals surface area (Å²) in [6.45, 7) is 3.00. The highest BCUT2D eigenvalue weighted by atomic mass is 19.1. The molecule has 0 aromatic carbocycles. The summed E-state index contributed by atoms with van der Waals surface area (Å²) in [4.78, 5) is 7.91. The molecule has 2 heterocycles. The van der Waals surface area contributed by atoms with E-state index in [0.29, 0.717) is 19.0 Å². The monoisotopic (exact) mass is 247 g/mol. The van der Waals surface area contributed by atoms with Crippen LogP contribution in [-0.4, -0.2) is 16.6 Å². The van der Waals surface area contributed by atoms with Crippen molar-refractivity contribution in [3.63, 3.8) is 0 Å². The minimum atomic E-state index is -0.334. The van der Waals surface area contributed by atoms with Crippen molar-refractivity contribution in [1.82, 2.24) is 9.97 Å². The Morgan fingerprint density at radius 3 is 2.83 bits per heavy atom. The lowest BCUT2D eigenvalue weighted by Gasteiger charge is -2.07. The van der Waals surface area contributed by atoms with Gasteiger partial charge in [-0.1, -0.05) is 0 Å². The molecule has 0 spiro atoms. The van der Waals surface area contributed by atoms with Crippen molar-refractivity contribution in [2.75, 3.05) is 11.9 Å². The van der Waals surface area contributed by atoms with E-state index in [1.165, 1.54) is 12.3 Å². The minimum absolute atomic E-state index is 0.334. The van der Waals surface area contributed by atoms with Crippen LogP contribution in [0.1, 0.15) is 12.5 Å². The lowest BCUT2D eigenvalue weighted by Crippen LogP contribution is -2.01. The van der Waals surface area contributed by atoms with Gasteiger partial charge in [0.1, 0.15) is 5.82 Å². The molecule has 2 aromatic rings. The zero-order chi connectivity index (χ0) is 12.8. The number of pyridine rings is 2. The predicted octanol–water partition coefficient (Wildman–Crippen LogP) is 2.63. The van der Waals surface area contributed by atoms with Gasteiger partial charge in [0.15, 0.2) is 0 Å². The van der Waals surface area contributed by atoms with Gasteiger partial charge in [0.25, 0.3) is 0 Å². The van der Waals surface area contributed by atoms with Gasteiger partial charge >= 0.3 is 0 Å². The molecule has 2 rings (SSSR count). The number of nitrogens with zero attached hydrogens (tertiary/aromatic N) is 2. The quantitative estimate of drug-likeness (QED) is 0.882. The fraction of sp³-hybridized carbons (Fsp3) is 0.231. The molecule has 0 aliphatic heterocycles. The Bertz CT molecular complexity index is 502. The van der Waals surface area contributed by atoms with Crippen molar-refractivity contribution in [3.05, 3.63) is 48.2 Å². The summed E-state index contributed by atoms with van der Waals surface area (Å²) >= 11 is 0. The number of halogens is 1. The number of rotatable bonds is 5. The third kappa shape index (κ3) is 3.41. The number of hydrogen-bond acceptors (Lipinski definition) is 4. The molecule has 0 amide bonds. The number of hydrogen-bond donors (Lipinski definition) is 1. The van der Waals surface area contributed by atoms with Gasteiger partial charge in [-0.25, -0.2) is 9.37 Å². The number of aromatic nitrogens is 2. The van der Waals surface area contributed by atoms with Crippen LogP contribution in [-0.2, 0) is 6.54 Å². The molecule has 4 nitrogen and oxygen atoms in total. The van der Waals surface area contributed by atoms with Gasteiger partial charge in [-0.15, -0.1) is 0 Å². The van der Waals surface area contributed by atoms with E-state index in [0.717, 1.165) is 11.3 Å². The minimum Gasteiger partial charge on any atom is -0.478 e. The Morgan fingerprint density at radius 2 is 2.17 bits per heavy atom. The Kier molecular flexibility index (Phi) is 4.06. The highest BCUT2D eigenvalue weighted by Gasteiger charge is 1.98. The largest absolute Gasteiger partial charge is 0.478 e. The van der Waals surface area contributed by atoms with Crippen molar-refractivity contribution in [2.24, 2.45) is 0 Å². The van der Waals surface area contributed by atoms with Gasteiger partial charge < -0.3 is 10.1 Å². The molecule has 1 N–H and O–H groups in total. The Labute approximate surface area is 105 Å². The van der Waals surface area contributed by atoms with E-state index in [1.54, 1.807) is 18.5 Å². The molecule has 0 radical (unpaired) electrons. The summed E-state index contributed by atoms with van der Waals surface area (Å²) in [5.41, 5.74) is 1.63. The highest BCUT2D eigenvalue weighted by molar-refractivity contribution is 5.42. The molecule has 0 saturated heterocycles. The molecule has 0 aliphatic carbocycles. The summed E-state index contributed by atoms with van der Waals surface area (Å²) < 4.78 is 18.2. The molecule has 0 bridgehead atoms. The standard InChI is InChI=1S/C13H14FN3O/c1-2-18-13-4-3-12(9-17-13)16-7-10-5-11(14)8-15-6-10/h3-6,8-9,16H,2,7H2,1H3. The first-order valence-corrected chi connectivity index (χ1v) is 5.70.